The molecule has 0 radical (unpaired) electrons. The third kappa shape index (κ3) is 3.67. The van der Waals surface area contributed by atoms with Crippen LogP contribution in [-0.2, 0) is 14.3 Å². The van der Waals surface area contributed by atoms with Crippen molar-refractivity contribution >= 4 is 28.6 Å². The summed E-state index contributed by atoms with van der Waals surface area (Å²) in [5, 5.41) is 0. The zero-order chi connectivity index (χ0) is 23.3. The molecule has 1 aromatic heterocycles. The average Bonchev–Trinajstić information content (AvgIpc) is 2.73. The Labute approximate surface area is 201 Å². The number of halogens is 1. The molecule has 0 bridgehead atoms. The van der Waals surface area contributed by atoms with Crippen molar-refractivity contribution in [3.63, 3.8) is 0 Å². The zero-order valence-corrected chi connectivity index (χ0v) is 21.2. The summed E-state index contributed by atoms with van der Waals surface area (Å²) in [6.07, 6.45) is 0.406. The molecule has 5 atom stereocenters. The maximum Gasteiger partial charge on any atom is 0.345 e. The number of carbonyl (C=O) groups is 1. The van der Waals surface area contributed by atoms with Crippen molar-refractivity contribution < 1.29 is 23.4 Å². The van der Waals surface area contributed by atoms with E-state index in [4.69, 9.17) is 18.6 Å². The molecule has 2 aliphatic rings. The SMILES string of the molecule is CO[C@H]1c2c(cc(-c3ccccc3)oc2=O)O[C@]2(C)[C@@H](OC(C)=O)C[C@@H](C(C)C)C[C@@]12I. The van der Waals surface area contributed by atoms with E-state index in [1.165, 1.54) is 6.92 Å². The molecule has 0 spiro atoms. The fraction of sp³-hybridized carbons (Fsp3) is 0.520. The molecule has 172 valence electrons. The lowest BCUT2D eigenvalue weighted by molar-refractivity contribution is -0.184. The molecule has 4 rings (SSSR count). The molecule has 2 aromatic rings. The Hall–Kier alpha value is -1.87. The van der Waals surface area contributed by atoms with Crippen molar-refractivity contribution in [1.29, 1.82) is 0 Å². The number of esters is 1. The Morgan fingerprint density at radius 2 is 1.94 bits per heavy atom. The van der Waals surface area contributed by atoms with E-state index < -0.39 is 26.9 Å². The van der Waals surface area contributed by atoms with Crippen LogP contribution in [0.5, 0.6) is 5.75 Å². The third-order valence-corrected chi connectivity index (χ3v) is 9.09. The summed E-state index contributed by atoms with van der Waals surface area (Å²) in [4.78, 5) is 25.2. The number of alkyl halides is 1. The molecule has 0 unspecified atom stereocenters. The van der Waals surface area contributed by atoms with Gasteiger partial charge in [0.05, 0.1) is 3.42 Å². The molecule has 1 aliphatic carbocycles. The van der Waals surface area contributed by atoms with Crippen LogP contribution in [0.15, 0.2) is 45.6 Å². The second-order valence-electron chi connectivity index (χ2n) is 9.27. The number of hydrogen-bond donors (Lipinski definition) is 0. The van der Waals surface area contributed by atoms with Crippen LogP contribution in [0.2, 0.25) is 0 Å². The monoisotopic (exact) mass is 552 g/mol. The van der Waals surface area contributed by atoms with Gasteiger partial charge in [0.1, 0.15) is 29.3 Å². The highest BCUT2D eigenvalue weighted by atomic mass is 127. The topological polar surface area (TPSA) is 75.0 Å². The van der Waals surface area contributed by atoms with Crippen LogP contribution >= 0.6 is 22.6 Å². The van der Waals surface area contributed by atoms with E-state index in [1.807, 2.05) is 37.3 Å². The summed E-state index contributed by atoms with van der Waals surface area (Å²) in [6.45, 7) is 7.72. The first-order chi connectivity index (χ1) is 15.1. The fourth-order valence-corrected chi connectivity index (χ4v) is 6.72. The van der Waals surface area contributed by atoms with E-state index in [9.17, 15) is 9.59 Å². The van der Waals surface area contributed by atoms with Gasteiger partial charge in [0.25, 0.3) is 0 Å². The lowest BCUT2D eigenvalue weighted by Gasteiger charge is -2.58. The second kappa shape index (κ2) is 8.48. The summed E-state index contributed by atoms with van der Waals surface area (Å²) >= 11 is 2.37. The van der Waals surface area contributed by atoms with E-state index in [0.717, 1.165) is 12.0 Å². The summed E-state index contributed by atoms with van der Waals surface area (Å²) in [5.41, 5.74) is -0.200. The molecule has 2 heterocycles. The summed E-state index contributed by atoms with van der Waals surface area (Å²) in [6, 6.07) is 11.2. The van der Waals surface area contributed by atoms with Crippen molar-refractivity contribution in [2.75, 3.05) is 7.11 Å². The van der Waals surface area contributed by atoms with E-state index in [0.29, 0.717) is 29.4 Å². The third-order valence-electron chi connectivity index (χ3n) is 7.01. The van der Waals surface area contributed by atoms with Gasteiger partial charge in [-0.15, -0.1) is 0 Å². The van der Waals surface area contributed by atoms with Crippen molar-refractivity contribution in [3.05, 3.63) is 52.4 Å². The van der Waals surface area contributed by atoms with Crippen LogP contribution in [0.1, 0.15) is 52.2 Å². The van der Waals surface area contributed by atoms with Gasteiger partial charge >= 0.3 is 11.6 Å². The van der Waals surface area contributed by atoms with Gasteiger partial charge in [0.15, 0.2) is 5.60 Å². The molecule has 1 aliphatic heterocycles. The smallest absolute Gasteiger partial charge is 0.345 e. The predicted octanol–water partition coefficient (Wildman–Crippen LogP) is 5.32. The molecular weight excluding hydrogens is 523 g/mol. The highest BCUT2D eigenvalue weighted by molar-refractivity contribution is 14.1. The van der Waals surface area contributed by atoms with E-state index in [1.54, 1.807) is 13.2 Å². The largest absolute Gasteiger partial charge is 0.481 e. The highest BCUT2D eigenvalue weighted by Crippen LogP contribution is 2.61. The van der Waals surface area contributed by atoms with Crippen LogP contribution in [-0.4, -0.2) is 28.2 Å². The number of fused-ring (bicyclic) bond motifs is 2. The van der Waals surface area contributed by atoms with Crippen LogP contribution in [0, 0.1) is 11.8 Å². The first-order valence-electron chi connectivity index (χ1n) is 10.9. The van der Waals surface area contributed by atoms with Gasteiger partial charge in [-0.1, -0.05) is 66.8 Å². The van der Waals surface area contributed by atoms with Crippen LogP contribution in [0.25, 0.3) is 11.3 Å². The Bertz CT molecular complexity index is 1060. The second-order valence-corrected chi connectivity index (χ2v) is 11.2. The Balaban J connectivity index is 1.90. The molecule has 6 nitrogen and oxygen atoms in total. The zero-order valence-electron chi connectivity index (χ0n) is 19.0. The van der Waals surface area contributed by atoms with Crippen molar-refractivity contribution in [2.45, 2.75) is 61.8 Å². The maximum absolute atomic E-state index is 13.2. The van der Waals surface area contributed by atoms with Gasteiger partial charge in [-0.3, -0.25) is 4.79 Å². The van der Waals surface area contributed by atoms with Gasteiger partial charge in [-0.05, 0) is 31.6 Å². The Morgan fingerprint density at radius 3 is 2.53 bits per heavy atom. The number of benzene rings is 1. The molecule has 1 aromatic carbocycles. The maximum atomic E-state index is 13.2. The normalized spacial score (nSPS) is 31.4. The van der Waals surface area contributed by atoms with E-state index in [-0.39, 0.29) is 11.9 Å². The standard InChI is InChI=1S/C25H29IO6/c1-14(2)17-11-20(30-15(3)27)24(4)25(26,13-17)22(29-5)21-19(32-24)12-18(31-23(21)28)16-9-7-6-8-10-16/h6-10,12,14,17,20,22H,11,13H2,1-5H3/t17-,20+,22+,24-,25-/m1/s1. The first kappa shape index (κ1) is 23.3. The minimum Gasteiger partial charge on any atom is -0.481 e. The quantitative estimate of drug-likeness (QED) is 0.291. The molecule has 1 fully saturated rings. The lowest BCUT2D eigenvalue weighted by Crippen LogP contribution is -2.69. The molecule has 0 saturated heterocycles. The molecule has 1 saturated carbocycles. The van der Waals surface area contributed by atoms with Crippen LogP contribution < -0.4 is 10.4 Å². The first-order valence-corrected chi connectivity index (χ1v) is 12.0. The number of carbonyl (C=O) groups excluding carboxylic acids is 1. The van der Waals surface area contributed by atoms with Crippen LogP contribution in [0.4, 0.5) is 0 Å². The van der Waals surface area contributed by atoms with Crippen molar-refractivity contribution in [1.82, 2.24) is 0 Å². The van der Waals surface area contributed by atoms with E-state index in [2.05, 4.69) is 36.4 Å². The van der Waals surface area contributed by atoms with Crippen molar-refractivity contribution in [2.24, 2.45) is 11.8 Å². The Morgan fingerprint density at radius 1 is 1.25 bits per heavy atom. The lowest BCUT2D eigenvalue weighted by atomic mass is 9.63. The van der Waals surface area contributed by atoms with Gasteiger partial charge in [0, 0.05) is 25.7 Å². The summed E-state index contributed by atoms with van der Waals surface area (Å²) < 4.78 is 23.5. The Kier molecular flexibility index (Phi) is 6.17. The minimum absolute atomic E-state index is 0.280. The number of rotatable bonds is 4. The van der Waals surface area contributed by atoms with Crippen LogP contribution in [0.3, 0.4) is 0 Å². The predicted molar refractivity (Wildman–Crippen MR) is 129 cm³/mol. The molecular formula is C25H29IO6. The molecule has 0 N–H and O–H groups in total. The average molecular weight is 552 g/mol. The summed E-state index contributed by atoms with van der Waals surface area (Å²) in [5.74, 6) is 1.15. The van der Waals surface area contributed by atoms with Gasteiger partial charge in [0.2, 0.25) is 0 Å². The minimum atomic E-state index is -0.889. The van der Waals surface area contributed by atoms with Gasteiger partial charge in [-0.25, -0.2) is 4.79 Å². The van der Waals surface area contributed by atoms with E-state index >= 15 is 0 Å². The van der Waals surface area contributed by atoms with Gasteiger partial charge < -0.3 is 18.6 Å². The van der Waals surface area contributed by atoms with Crippen molar-refractivity contribution in [3.8, 4) is 17.1 Å². The molecule has 32 heavy (non-hydrogen) atoms. The van der Waals surface area contributed by atoms with Gasteiger partial charge in [-0.2, -0.15) is 0 Å². The highest BCUT2D eigenvalue weighted by Gasteiger charge is 2.66. The number of methoxy groups -OCH3 is 1. The number of ether oxygens (including phenoxy) is 3. The molecule has 7 heteroatoms. The summed E-state index contributed by atoms with van der Waals surface area (Å²) in [7, 11) is 1.60. The number of hydrogen-bond acceptors (Lipinski definition) is 6. The molecule has 0 amide bonds. The fourth-order valence-electron chi connectivity index (χ4n) is 5.13.